The smallest absolute Gasteiger partial charge is 0.241 e. The number of amides is 1. The van der Waals surface area contributed by atoms with E-state index in [-0.39, 0.29) is 24.4 Å². The van der Waals surface area contributed by atoms with Crippen LogP contribution in [0.15, 0.2) is 24.3 Å². The highest BCUT2D eigenvalue weighted by molar-refractivity contribution is 5.95. The molecular formula is C19H26ClN5O. The molecule has 0 radical (unpaired) electrons. The van der Waals surface area contributed by atoms with E-state index >= 15 is 0 Å². The van der Waals surface area contributed by atoms with Crippen LogP contribution in [0.3, 0.4) is 0 Å². The van der Waals surface area contributed by atoms with Crippen LogP contribution in [0.5, 0.6) is 0 Å². The number of nitrogens with zero attached hydrogens (tertiary/aromatic N) is 3. The zero-order chi connectivity index (χ0) is 17.1. The topological polar surface area (TPSA) is 71.8 Å². The lowest BCUT2D eigenvalue weighted by Crippen LogP contribution is -2.43. The Bertz CT molecular complexity index is 737. The molecule has 2 aliphatic rings. The summed E-state index contributed by atoms with van der Waals surface area (Å²) in [6.45, 7) is 1.92. The molecule has 1 unspecified atom stereocenters. The summed E-state index contributed by atoms with van der Waals surface area (Å²) >= 11 is 0. The van der Waals surface area contributed by atoms with Crippen LogP contribution in [0.2, 0.25) is 0 Å². The van der Waals surface area contributed by atoms with Crippen LogP contribution in [0.4, 0.5) is 5.69 Å². The lowest BCUT2D eigenvalue weighted by Gasteiger charge is -2.22. The number of hydrogen-bond acceptors (Lipinski definition) is 4. The first-order valence-corrected chi connectivity index (χ1v) is 9.38. The Morgan fingerprint density at radius 3 is 2.69 bits per heavy atom. The van der Waals surface area contributed by atoms with E-state index in [1.54, 1.807) is 0 Å². The molecule has 0 spiro atoms. The third-order valence-corrected chi connectivity index (χ3v) is 5.15. The third-order valence-electron chi connectivity index (χ3n) is 5.15. The molecule has 7 heteroatoms. The minimum atomic E-state index is -0.0688. The second kappa shape index (κ2) is 8.64. The number of aryl methyl sites for hydroxylation is 1. The van der Waals surface area contributed by atoms with Gasteiger partial charge in [0.1, 0.15) is 5.82 Å². The quantitative estimate of drug-likeness (QED) is 0.864. The van der Waals surface area contributed by atoms with Gasteiger partial charge in [0.05, 0.1) is 6.04 Å². The van der Waals surface area contributed by atoms with Crippen LogP contribution in [-0.4, -0.2) is 33.3 Å². The van der Waals surface area contributed by atoms with Gasteiger partial charge in [-0.05, 0) is 56.5 Å². The van der Waals surface area contributed by atoms with Crippen molar-refractivity contribution in [3.8, 4) is 11.4 Å². The van der Waals surface area contributed by atoms with Gasteiger partial charge in [-0.1, -0.05) is 12.8 Å². The standard InChI is InChI=1S/C19H25N5O.ClH/c25-19(16-6-3-4-12-20-16)21-15-10-8-14(9-11-15)18-23-22-17-7-2-1-5-13-24(17)18;/h8-11,16,20H,1-7,12-13H2,(H,21,25);1H. The van der Waals surface area contributed by atoms with Crippen LogP contribution in [-0.2, 0) is 17.8 Å². The molecule has 1 atom stereocenters. The predicted octanol–water partition coefficient (Wildman–Crippen LogP) is 3.17. The van der Waals surface area contributed by atoms with Crippen LogP contribution < -0.4 is 10.6 Å². The van der Waals surface area contributed by atoms with Gasteiger partial charge in [0.2, 0.25) is 5.91 Å². The molecule has 0 aliphatic carbocycles. The molecule has 2 aromatic rings. The Balaban J connectivity index is 0.00000196. The van der Waals surface area contributed by atoms with Crippen molar-refractivity contribution in [1.82, 2.24) is 20.1 Å². The summed E-state index contributed by atoms with van der Waals surface area (Å²) in [6.07, 6.45) is 7.82. The largest absolute Gasteiger partial charge is 0.325 e. The van der Waals surface area contributed by atoms with Crippen molar-refractivity contribution < 1.29 is 4.79 Å². The Morgan fingerprint density at radius 2 is 1.92 bits per heavy atom. The van der Waals surface area contributed by atoms with Crippen molar-refractivity contribution >= 4 is 24.0 Å². The highest BCUT2D eigenvalue weighted by atomic mass is 35.5. The molecule has 26 heavy (non-hydrogen) atoms. The summed E-state index contributed by atoms with van der Waals surface area (Å²) < 4.78 is 2.24. The zero-order valence-electron chi connectivity index (χ0n) is 14.9. The Labute approximate surface area is 160 Å². The molecule has 4 rings (SSSR count). The number of benzene rings is 1. The van der Waals surface area contributed by atoms with Crippen molar-refractivity contribution in [3.63, 3.8) is 0 Å². The first-order chi connectivity index (χ1) is 12.3. The summed E-state index contributed by atoms with van der Waals surface area (Å²) in [5, 5.41) is 15.0. The van der Waals surface area contributed by atoms with E-state index in [1.165, 1.54) is 19.3 Å². The van der Waals surface area contributed by atoms with Gasteiger partial charge in [0.15, 0.2) is 5.82 Å². The van der Waals surface area contributed by atoms with E-state index in [4.69, 9.17) is 0 Å². The number of rotatable bonds is 3. The van der Waals surface area contributed by atoms with Gasteiger partial charge in [0.25, 0.3) is 0 Å². The van der Waals surface area contributed by atoms with Crippen LogP contribution >= 0.6 is 12.4 Å². The van der Waals surface area contributed by atoms with E-state index in [2.05, 4.69) is 25.4 Å². The van der Waals surface area contributed by atoms with Gasteiger partial charge in [-0.2, -0.15) is 0 Å². The molecule has 0 saturated carbocycles. The number of piperidine rings is 1. The molecule has 0 bridgehead atoms. The molecule has 2 aliphatic heterocycles. The average Bonchev–Trinajstić information content (AvgIpc) is 2.91. The van der Waals surface area contributed by atoms with Gasteiger partial charge in [-0.25, -0.2) is 0 Å². The van der Waals surface area contributed by atoms with Crippen molar-refractivity contribution in [3.05, 3.63) is 30.1 Å². The fourth-order valence-corrected chi connectivity index (χ4v) is 3.71. The van der Waals surface area contributed by atoms with Crippen LogP contribution in [0, 0.1) is 0 Å². The number of anilines is 1. The second-order valence-corrected chi connectivity index (χ2v) is 6.97. The molecule has 1 aromatic carbocycles. The molecule has 1 fully saturated rings. The summed E-state index contributed by atoms with van der Waals surface area (Å²) in [4.78, 5) is 12.3. The molecule has 1 saturated heterocycles. The Morgan fingerprint density at radius 1 is 1.08 bits per heavy atom. The predicted molar refractivity (Wildman–Crippen MR) is 105 cm³/mol. The first-order valence-electron chi connectivity index (χ1n) is 9.38. The fraction of sp³-hybridized carbons (Fsp3) is 0.526. The van der Waals surface area contributed by atoms with Crippen molar-refractivity contribution in [2.45, 2.75) is 57.5 Å². The third kappa shape index (κ3) is 4.07. The summed E-state index contributed by atoms with van der Waals surface area (Å²) in [5.74, 6) is 2.08. The van der Waals surface area contributed by atoms with Crippen molar-refractivity contribution in [2.75, 3.05) is 11.9 Å². The highest BCUT2D eigenvalue weighted by Crippen LogP contribution is 2.24. The maximum atomic E-state index is 12.3. The first kappa shape index (κ1) is 18.9. The molecule has 2 N–H and O–H groups in total. The molecule has 140 valence electrons. The monoisotopic (exact) mass is 375 g/mol. The number of fused-ring (bicyclic) bond motifs is 1. The number of carbonyl (C=O) groups excluding carboxylic acids is 1. The van der Waals surface area contributed by atoms with E-state index < -0.39 is 0 Å². The summed E-state index contributed by atoms with van der Waals surface area (Å²) in [5.41, 5.74) is 1.88. The van der Waals surface area contributed by atoms with Crippen molar-refractivity contribution in [1.29, 1.82) is 0 Å². The van der Waals surface area contributed by atoms with E-state index in [0.717, 1.165) is 61.7 Å². The number of aromatic nitrogens is 3. The number of nitrogens with one attached hydrogen (secondary N) is 2. The summed E-state index contributed by atoms with van der Waals surface area (Å²) in [7, 11) is 0. The lowest BCUT2D eigenvalue weighted by atomic mass is 10.0. The molecular weight excluding hydrogens is 350 g/mol. The number of halogens is 1. The van der Waals surface area contributed by atoms with E-state index in [0.29, 0.717) is 0 Å². The highest BCUT2D eigenvalue weighted by Gasteiger charge is 2.20. The van der Waals surface area contributed by atoms with Crippen LogP contribution in [0.1, 0.15) is 44.3 Å². The van der Waals surface area contributed by atoms with Gasteiger partial charge in [-0.15, -0.1) is 22.6 Å². The van der Waals surface area contributed by atoms with Gasteiger partial charge in [-0.3, -0.25) is 4.79 Å². The number of carbonyl (C=O) groups is 1. The minimum absolute atomic E-state index is 0. The maximum Gasteiger partial charge on any atom is 0.241 e. The number of hydrogen-bond donors (Lipinski definition) is 2. The van der Waals surface area contributed by atoms with Gasteiger partial charge in [0, 0.05) is 24.2 Å². The fourth-order valence-electron chi connectivity index (χ4n) is 3.71. The van der Waals surface area contributed by atoms with Crippen LogP contribution in [0.25, 0.3) is 11.4 Å². The average molecular weight is 376 g/mol. The molecule has 1 amide bonds. The van der Waals surface area contributed by atoms with Gasteiger partial charge < -0.3 is 15.2 Å². The maximum absolute atomic E-state index is 12.3. The van der Waals surface area contributed by atoms with Gasteiger partial charge >= 0.3 is 0 Å². The second-order valence-electron chi connectivity index (χ2n) is 6.97. The van der Waals surface area contributed by atoms with Crippen molar-refractivity contribution in [2.24, 2.45) is 0 Å². The van der Waals surface area contributed by atoms with E-state index in [1.807, 2.05) is 24.3 Å². The lowest BCUT2D eigenvalue weighted by molar-refractivity contribution is -0.118. The zero-order valence-corrected chi connectivity index (χ0v) is 15.7. The summed E-state index contributed by atoms with van der Waals surface area (Å²) in [6, 6.07) is 7.88. The Hall–Kier alpha value is -1.92. The molecule has 1 aromatic heterocycles. The molecule has 6 nitrogen and oxygen atoms in total. The Kier molecular flexibility index (Phi) is 6.27. The van der Waals surface area contributed by atoms with E-state index in [9.17, 15) is 4.79 Å². The normalized spacial score (nSPS) is 19.8. The molecule has 3 heterocycles. The minimum Gasteiger partial charge on any atom is -0.325 e. The SMILES string of the molecule is Cl.O=C(Nc1ccc(-c2nnc3n2CCCCC3)cc1)C1CCCCN1.